The molecule has 2 aromatic rings. The van der Waals surface area contributed by atoms with Crippen LogP contribution in [0.4, 0.5) is 0 Å². The zero-order valence-corrected chi connectivity index (χ0v) is 17.3. The molecule has 1 fully saturated rings. The van der Waals surface area contributed by atoms with Gasteiger partial charge in [-0.25, -0.2) is 0 Å². The Labute approximate surface area is 175 Å². The molecule has 0 saturated carbocycles. The molecule has 2 aromatic carbocycles. The normalized spacial score (nSPS) is 16.0. The SMILES string of the molecule is COc1ccc(CCN2CC(C(=O)OCc3ccccc3Cl)CC2=O)cc1OC. The number of methoxy groups -OCH3 is 2. The van der Waals surface area contributed by atoms with E-state index in [0.29, 0.717) is 36.0 Å². The highest BCUT2D eigenvalue weighted by Crippen LogP contribution is 2.28. The topological polar surface area (TPSA) is 65.1 Å². The molecule has 154 valence electrons. The lowest BCUT2D eigenvalue weighted by Crippen LogP contribution is -2.28. The summed E-state index contributed by atoms with van der Waals surface area (Å²) < 4.78 is 15.9. The number of halogens is 1. The number of hydrogen-bond donors (Lipinski definition) is 0. The zero-order valence-electron chi connectivity index (χ0n) is 16.5. The molecule has 0 radical (unpaired) electrons. The van der Waals surface area contributed by atoms with Gasteiger partial charge in [0.25, 0.3) is 0 Å². The molecule has 0 aromatic heterocycles. The number of nitrogens with zero attached hydrogens (tertiary/aromatic N) is 1. The summed E-state index contributed by atoms with van der Waals surface area (Å²) in [6.45, 7) is 1.00. The first kappa shape index (κ1) is 21.0. The molecule has 1 amide bonds. The third kappa shape index (κ3) is 5.21. The summed E-state index contributed by atoms with van der Waals surface area (Å²) >= 11 is 6.08. The highest BCUT2D eigenvalue weighted by atomic mass is 35.5. The second kappa shape index (κ2) is 9.65. The van der Waals surface area contributed by atoms with Gasteiger partial charge in [-0.15, -0.1) is 0 Å². The van der Waals surface area contributed by atoms with Gasteiger partial charge in [0.15, 0.2) is 11.5 Å². The van der Waals surface area contributed by atoms with Gasteiger partial charge in [-0.2, -0.15) is 0 Å². The molecule has 3 rings (SSSR count). The molecule has 1 atom stereocenters. The van der Waals surface area contributed by atoms with Crippen LogP contribution in [0.15, 0.2) is 42.5 Å². The van der Waals surface area contributed by atoms with E-state index in [1.165, 1.54) is 0 Å². The predicted octanol–water partition coefficient (Wildman–Crippen LogP) is 3.49. The Morgan fingerprint density at radius 3 is 2.62 bits per heavy atom. The third-order valence-electron chi connectivity index (χ3n) is 4.99. The van der Waals surface area contributed by atoms with Crippen molar-refractivity contribution in [2.75, 3.05) is 27.3 Å². The number of hydrogen-bond acceptors (Lipinski definition) is 5. The van der Waals surface area contributed by atoms with Crippen molar-refractivity contribution in [1.29, 1.82) is 0 Å². The quantitative estimate of drug-likeness (QED) is 0.615. The van der Waals surface area contributed by atoms with Gasteiger partial charge in [0.2, 0.25) is 5.91 Å². The molecule has 1 aliphatic rings. The molecule has 0 aliphatic carbocycles. The van der Waals surface area contributed by atoms with Crippen molar-refractivity contribution in [2.24, 2.45) is 5.92 Å². The van der Waals surface area contributed by atoms with Crippen LogP contribution >= 0.6 is 11.6 Å². The van der Waals surface area contributed by atoms with Crippen molar-refractivity contribution >= 4 is 23.5 Å². The largest absolute Gasteiger partial charge is 0.493 e. The van der Waals surface area contributed by atoms with Crippen LogP contribution in [-0.2, 0) is 27.4 Å². The average Bonchev–Trinajstić information content (AvgIpc) is 3.11. The Kier molecular flexibility index (Phi) is 6.99. The minimum absolute atomic E-state index is 0.0369. The van der Waals surface area contributed by atoms with E-state index >= 15 is 0 Å². The Morgan fingerprint density at radius 1 is 1.14 bits per heavy atom. The number of amides is 1. The summed E-state index contributed by atoms with van der Waals surface area (Å²) in [6.07, 6.45) is 0.834. The third-order valence-corrected chi connectivity index (χ3v) is 5.36. The first-order valence-electron chi connectivity index (χ1n) is 9.40. The van der Waals surface area contributed by atoms with E-state index in [4.69, 9.17) is 25.8 Å². The van der Waals surface area contributed by atoms with Crippen LogP contribution in [-0.4, -0.2) is 44.1 Å². The van der Waals surface area contributed by atoms with Gasteiger partial charge >= 0.3 is 5.97 Å². The Bertz CT molecular complexity index is 885. The molecule has 7 heteroatoms. The van der Waals surface area contributed by atoms with E-state index < -0.39 is 5.92 Å². The molecule has 1 unspecified atom stereocenters. The van der Waals surface area contributed by atoms with Gasteiger partial charge in [-0.05, 0) is 30.2 Å². The molecular formula is C22H24ClNO5. The van der Waals surface area contributed by atoms with Gasteiger partial charge in [0.1, 0.15) is 6.61 Å². The van der Waals surface area contributed by atoms with Crippen LogP contribution in [0.3, 0.4) is 0 Å². The standard InChI is InChI=1S/C22H24ClNO5/c1-27-19-8-7-15(11-20(19)28-2)9-10-24-13-17(12-21(24)25)22(26)29-14-16-5-3-4-6-18(16)23/h3-8,11,17H,9-10,12-14H2,1-2H3. The van der Waals surface area contributed by atoms with Crippen LogP contribution in [0, 0.1) is 5.92 Å². The van der Waals surface area contributed by atoms with Gasteiger partial charge < -0.3 is 19.1 Å². The molecule has 1 heterocycles. The molecular weight excluding hydrogens is 394 g/mol. The van der Waals surface area contributed by atoms with Crippen LogP contribution in [0.2, 0.25) is 5.02 Å². The second-order valence-electron chi connectivity index (χ2n) is 6.88. The van der Waals surface area contributed by atoms with Crippen LogP contribution in [0.5, 0.6) is 11.5 Å². The minimum Gasteiger partial charge on any atom is -0.493 e. The van der Waals surface area contributed by atoms with E-state index in [9.17, 15) is 9.59 Å². The average molecular weight is 418 g/mol. The Morgan fingerprint density at radius 2 is 1.90 bits per heavy atom. The van der Waals surface area contributed by atoms with Crippen molar-refractivity contribution in [2.45, 2.75) is 19.4 Å². The Balaban J connectivity index is 1.52. The summed E-state index contributed by atoms with van der Waals surface area (Å²) in [5.41, 5.74) is 1.78. The number of carbonyl (C=O) groups excluding carboxylic acids is 2. The van der Waals surface area contributed by atoms with E-state index in [2.05, 4.69) is 0 Å². The number of carbonyl (C=O) groups is 2. The van der Waals surface area contributed by atoms with Gasteiger partial charge in [0, 0.05) is 30.1 Å². The van der Waals surface area contributed by atoms with Crippen molar-refractivity contribution in [3.8, 4) is 11.5 Å². The monoisotopic (exact) mass is 417 g/mol. The summed E-state index contributed by atoms with van der Waals surface area (Å²) in [7, 11) is 3.18. The number of benzene rings is 2. The van der Waals surface area contributed by atoms with E-state index in [1.807, 2.05) is 36.4 Å². The van der Waals surface area contributed by atoms with E-state index in [1.54, 1.807) is 25.2 Å². The zero-order chi connectivity index (χ0) is 20.8. The maximum atomic E-state index is 12.4. The van der Waals surface area contributed by atoms with E-state index in [-0.39, 0.29) is 24.9 Å². The molecule has 29 heavy (non-hydrogen) atoms. The number of rotatable bonds is 8. The minimum atomic E-state index is -0.449. The van der Waals surface area contributed by atoms with E-state index in [0.717, 1.165) is 11.1 Å². The molecule has 6 nitrogen and oxygen atoms in total. The summed E-state index contributed by atoms with van der Waals surface area (Å²) in [5.74, 6) is 0.459. The smallest absolute Gasteiger partial charge is 0.311 e. The molecule has 1 aliphatic heterocycles. The highest BCUT2D eigenvalue weighted by Gasteiger charge is 2.35. The fourth-order valence-corrected chi connectivity index (χ4v) is 3.52. The highest BCUT2D eigenvalue weighted by molar-refractivity contribution is 6.31. The first-order valence-corrected chi connectivity index (χ1v) is 9.78. The number of esters is 1. The molecule has 0 bridgehead atoms. The summed E-state index contributed by atoms with van der Waals surface area (Å²) in [5, 5.41) is 0.555. The lowest BCUT2D eigenvalue weighted by atomic mass is 10.1. The second-order valence-corrected chi connectivity index (χ2v) is 7.29. The van der Waals surface area contributed by atoms with Crippen LogP contribution < -0.4 is 9.47 Å². The fourth-order valence-electron chi connectivity index (χ4n) is 3.33. The van der Waals surface area contributed by atoms with Crippen LogP contribution in [0.1, 0.15) is 17.5 Å². The van der Waals surface area contributed by atoms with Crippen molar-refractivity contribution in [1.82, 2.24) is 4.90 Å². The maximum Gasteiger partial charge on any atom is 0.311 e. The first-order chi connectivity index (χ1) is 14.0. The number of ether oxygens (including phenoxy) is 3. The Hall–Kier alpha value is -2.73. The lowest BCUT2D eigenvalue weighted by molar-refractivity contribution is -0.149. The van der Waals surface area contributed by atoms with Crippen molar-refractivity contribution < 1.29 is 23.8 Å². The summed E-state index contributed by atoms with van der Waals surface area (Å²) in [4.78, 5) is 26.4. The molecule has 0 N–H and O–H groups in total. The van der Waals surface area contributed by atoms with Crippen LogP contribution in [0.25, 0.3) is 0 Å². The van der Waals surface area contributed by atoms with Gasteiger partial charge in [0.05, 0.1) is 20.1 Å². The molecule has 1 saturated heterocycles. The molecule has 0 spiro atoms. The summed E-state index contributed by atoms with van der Waals surface area (Å²) in [6, 6.07) is 12.9. The van der Waals surface area contributed by atoms with Crippen molar-refractivity contribution in [3.05, 3.63) is 58.6 Å². The predicted molar refractivity (Wildman–Crippen MR) is 109 cm³/mol. The fraction of sp³-hybridized carbons (Fsp3) is 0.364. The van der Waals surface area contributed by atoms with Gasteiger partial charge in [-0.1, -0.05) is 35.9 Å². The lowest BCUT2D eigenvalue weighted by Gasteiger charge is -2.17. The van der Waals surface area contributed by atoms with Crippen molar-refractivity contribution in [3.63, 3.8) is 0 Å². The van der Waals surface area contributed by atoms with Gasteiger partial charge in [-0.3, -0.25) is 9.59 Å². The maximum absolute atomic E-state index is 12.4. The number of likely N-dealkylation sites (tertiary alicyclic amines) is 1.